The molecule has 0 saturated heterocycles. The first-order chi connectivity index (χ1) is 15.5. The molecule has 0 aromatic heterocycles. The molecule has 32 heavy (non-hydrogen) atoms. The molecule has 0 bridgehead atoms. The van der Waals surface area contributed by atoms with E-state index in [0.717, 1.165) is 18.4 Å². The van der Waals surface area contributed by atoms with Crippen LogP contribution in [-0.4, -0.2) is 48.3 Å². The number of fused-ring (bicyclic) bond motifs is 1. The van der Waals surface area contributed by atoms with Crippen LogP contribution in [0.5, 0.6) is 0 Å². The number of methoxy groups -OCH3 is 1. The Labute approximate surface area is 185 Å². The number of amides is 3. The first kappa shape index (κ1) is 21.5. The summed E-state index contributed by atoms with van der Waals surface area (Å²) < 4.78 is 4.74. The van der Waals surface area contributed by atoms with Crippen LogP contribution in [0.2, 0.25) is 0 Å². The summed E-state index contributed by atoms with van der Waals surface area (Å²) in [4.78, 5) is 51.8. The lowest BCUT2D eigenvalue weighted by atomic mass is 10.0. The van der Waals surface area contributed by atoms with Crippen molar-refractivity contribution in [1.82, 2.24) is 15.5 Å². The maximum atomic E-state index is 13.0. The van der Waals surface area contributed by atoms with E-state index in [0.29, 0.717) is 11.1 Å². The lowest BCUT2D eigenvalue weighted by Crippen LogP contribution is -2.44. The van der Waals surface area contributed by atoms with Gasteiger partial charge in [0, 0.05) is 11.6 Å². The van der Waals surface area contributed by atoms with Crippen LogP contribution in [-0.2, 0) is 19.1 Å². The molecule has 1 aliphatic carbocycles. The molecule has 1 saturated carbocycles. The zero-order valence-electron chi connectivity index (χ0n) is 17.7. The average Bonchev–Trinajstić information content (AvgIpc) is 3.61. The van der Waals surface area contributed by atoms with Crippen LogP contribution >= 0.6 is 0 Å². The Morgan fingerprint density at radius 2 is 1.75 bits per heavy atom. The summed E-state index contributed by atoms with van der Waals surface area (Å²) in [5.41, 5.74) is 1.95. The number of carbonyl (C=O) groups excluding carboxylic acids is 4. The third-order valence-corrected chi connectivity index (χ3v) is 5.75. The van der Waals surface area contributed by atoms with E-state index in [1.807, 2.05) is 18.2 Å². The standard InChI is InChI=1S/C24H25N3O5/c1-32-21(29)13-19(15-7-3-2-4-8-15)26-20(28)14-25-23(30)22-17-9-5-6-10-18(17)24(31)27(22)16-11-12-16/h2-10,16,19,22H,11-14H2,1H3,(H,25,30)(H,26,28). The van der Waals surface area contributed by atoms with Gasteiger partial charge in [0.05, 0.1) is 26.1 Å². The van der Waals surface area contributed by atoms with Crippen LogP contribution in [0.25, 0.3) is 0 Å². The van der Waals surface area contributed by atoms with Gasteiger partial charge in [0.15, 0.2) is 0 Å². The normalized spacial score (nSPS) is 18.0. The van der Waals surface area contributed by atoms with Crippen molar-refractivity contribution in [3.8, 4) is 0 Å². The number of nitrogens with zero attached hydrogens (tertiary/aromatic N) is 1. The van der Waals surface area contributed by atoms with Crippen LogP contribution in [0, 0.1) is 0 Å². The summed E-state index contributed by atoms with van der Waals surface area (Å²) in [5.74, 6) is -1.43. The summed E-state index contributed by atoms with van der Waals surface area (Å²) >= 11 is 0. The summed E-state index contributed by atoms with van der Waals surface area (Å²) in [7, 11) is 1.29. The molecule has 2 aromatic carbocycles. The molecule has 2 aromatic rings. The highest BCUT2D eigenvalue weighted by molar-refractivity contribution is 6.05. The number of carbonyl (C=O) groups is 4. The average molecular weight is 435 g/mol. The van der Waals surface area contributed by atoms with Gasteiger partial charge in [-0.1, -0.05) is 48.5 Å². The second-order valence-corrected chi connectivity index (χ2v) is 7.96. The van der Waals surface area contributed by atoms with Crippen molar-refractivity contribution >= 4 is 23.7 Å². The number of hydrogen-bond donors (Lipinski definition) is 2. The Hall–Kier alpha value is -3.68. The van der Waals surface area contributed by atoms with Crippen molar-refractivity contribution in [2.75, 3.05) is 13.7 Å². The van der Waals surface area contributed by atoms with Gasteiger partial charge < -0.3 is 20.3 Å². The van der Waals surface area contributed by atoms with Crippen LogP contribution in [0.4, 0.5) is 0 Å². The van der Waals surface area contributed by atoms with Gasteiger partial charge in [-0.3, -0.25) is 19.2 Å². The minimum Gasteiger partial charge on any atom is -0.469 e. The second-order valence-electron chi connectivity index (χ2n) is 7.96. The monoisotopic (exact) mass is 435 g/mol. The second kappa shape index (κ2) is 9.21. The SMILES string of the molecule is COC(=O)CC(NC(=O)CNC(=O)C1c2ccccc2C(=O)N1C1CC1)c1ccccc1. The van der Waals surface area contributed by atoms with Crippen molar-refractivity contribution in [3.63, 3.8) is 0 Å². The molecule has 4 rings (SSSR count). The lowest BCUT2D eigenvalue weighted by molar-refractivity contribution is -0.141. The fraction of sp³-hybridized carbons (Fsp3) is 0.333. The lowest BCUT2D eigenvalue weighted by Gasteiger charge is -2.24. The van der Waals surface area contributed by atoms with Crippen molar-refractivity contribution in [3.05, 3.63) is 71.3 Å². The molecular weight excluding hydrogens is 410 g/mol. The van der Waals surface area contributed by atoms with Gasteiger partial charge in [0.1, 0.15) is 6.04 Å². The Morgan fingerprint density at radius 1 is 1.06 bits per heavy atom. The Kier molecular flexibility index (Phi) is 6.20. The number of esters is 1. The predicted molar refractivity (Wildman–Crippen MR) is 115 cm³/mol. The molecule has 3 amide bonds. The first-order valence-electron chi connectivity index (χ1n) is 10.6. The summed E-state index contributed by atoms with van der Waals surface area (Å²) in [6.07, 6.45) is 1.71. The molecule has 8 nitrogen and oxygen atoms in total. The van der Waals surface area contributed by atoms with Crippen LogP contribution in [0.15, 0.2) is 54.6 Å². The maximum Gasteiger partial charge on any atom is 0.307 e. The van der Waals surface area contributed by atoms with Crippen molar-refractivity contribution in [2.45, 2.75) is 37.4 Å². The largest absolute Gasteiger partial charge is 0.469 e. The molecule has 1 aliphatic heterocycles. The van der Waals surface area contributed by atoms with E-state index in [9.17, 15) is 19.2 Å². The fourth-order valence-electron chi connectivity index (χ4n) is 4.03. The number of ether oxygens (including phenoxy) is 1. The topological polar surface area (TPSA) is 105 Å². The zero-order valence-corrected chi connectivity index (χ0v) is 17.7. The summed E-state index contributed by atoms with van der Waals surface area (Å²) in [6.45, 7) is -0.269. The number of hydrogen-bond acceptors (Lipinski definition) is 5. The molecule has 8 heteroatoms. The third kappa shape index (κ3) is 4.49. The van der Waals surface area contributed by atoms with Crippen molar-refractivity contribution in [2.24, 2.45) is 0 Å². The molecule has 166 valence electrons. The summed E-state index contributed by atoms with van der Waals surface area (Å²) in [6, 6.07) is 14.9. The minimum atomic E-state index is -0.737. The minimum absolute atomic E-state index is 0.0276. The number of rotatable bonds is 8. The molecular formula is C24H25N3O5. The molecule has 2 aliphatic rings. The predicted octanol–water partition coefficient (Wildman–Crippen LogP) is 1.88. The van der Waals surface area contributed by atoms with Gasteiger partial charge in [0.25, 0.3) is 5.91 Å². The molecule has 2 N–H and O–H groups in total. The van der Waals surface area contributed by atoms with Crippen LogP contribution < -0.4 is 10.6 Å². The van der Waals surface area contributed by atoms with E-state index < -0.39 is 29.9 Å². The van der Waals surface area contributed by atoms with Gasteiger partial charge in [-0.25, -0.2) is 0 Å². The van der Waals surface area contributed by atoms with Gasteiger partial charge in [0.2, 0.25) is 11.8 Å². The van der Waals surface area contributed by atoms with Crippen LogP contribution in [0.1, 0.15) is 52.8 Å². The molecule has 2 unspecified atom stereocenters. The quantitative estimate of drug-likeness (QED) is 0.616. The van der Waals surface area contributed by atoms with Crippen molar-refractivity contribution < 1.29 is 23.9 Å². The molecule has 1 fully saturated rings. The molecule has 1 heterocycles. The highest BCUT2D eigenvalue weighted by Crippen LogP contribution is 2.41. The van der Waals surface area contributed by atoms with E-state index in [-0.39, 0.29) is 24.9 Å². The Morgan fingerprint density at radius 3 is 2.44 bits per heavy atom. The summed E-state index contributed by atoms with van der Waals surface area (Å²) in [5, 5.41) is 5.45. The fourth-order valence-corrected chi connectivity index (χ4v) is 4.03. The maximum absolute atomic E-state index is 13.0. The van der Waals surface area contributed by atoms with E-state index in [4.69, 9.17) is 4.74 Å². The molecule has 2 atom stereocenters. The third-order valence-electron chi connectivity index (χ3n) is 5.75. The van der Waals surface area contributed by atoms with E-state index in [1.165, 1.54) is 7.11 Å². The van der Waals surface area contributed by atoms with E-state index in [2.05, 4.69) is 10.6 Å². The van der Waals surface area contributed by atoms with E-state index in [1.54, 1.807) is 41.3 Å². The van der Waals surface area contributed by atoms with Gasteiger partial charge >= 0.3 is 5.97 Å². The Balaban J connectivity index is 1.42. The van der Waals surface area contributed by atoms with Crippen molar-refractivity contribution in [1.29, 1.82) is 0 Å². The molecule has 0 radical (unpaired) electrons. The number of nitrogens with one attached hydrogen (secondary N) is 2. The highest BCUT2D eigenvalue weighted by atomic mass is 16.5. The van der Waals surface area contributed by atoms with E-state index >= 15 is 0 Å². The Bertz CT molecular complexity index is 1030. The number of benzene rings is 2. The van der Waals surface area contributed by atoms with Gasteiger partial charge in [-0.05, 0) is 30.0 Å². The smallest absolute Gasteiger partial charge is 0.307 e. The highest BCUT2D eigenvalue weighted by Gasteiger charge is 2.47. The van der Waals surface area contributed by atoms with Crippen LogP contribution in [0.3, 0.4) is 0 Å². The molecule has 0 spiro atoms. The van der Waals surface area contributed by atoms with Gasteiger partial charge in [-0.15, -0.1) is 0 Å². The van der Waals surface area contributed by atoms with Gasteiger partial charge in [-0.2, -0.15) is 0 Å². The zero-order chi connectivity index (χ0) is 22.7. The first-order valence-corrected chi connectivity index (χ1v) is 10.6.